The molecule has 1 aromatic carbocycles. The maximum atomic E-state index is 12.4. The average Bonchev–Trinajstić information content (AvgIpc) is 2.53. The zero-order valence-corrected chi connectivity index (χ0v) is 14.1. The number of carbonyl (C=O) groups is 2. The van der Waals surface area contributed by atoms with Crippen LogP contribution in [-0.2, 0) is 16.0 Å². The second-order valence-corrected chi connectivity index (χ2v) is 6.40. The van der Waals surface area contributed by atoms with Gasteiger partial charge in [0, 0.05) is 26.1 Å². The van der Waals surface area contributed by atoms with Crippen molar-refractivity contribution in [1.82, 2.24) is 10.2 Å². The van der Waals surface area contributed by atoms with Gasteiger partial charge in [-0.05, 0) is 30.4 Å². The molecule has 23 heavy (non-hydrogen) atoms. The summed E-state index contributed by atoms with van der Waals surface area (Å²) in [6.45, 7) is 6.01. The number of aliphatic hydroxyl groups excluding tert-OH is 1. The first-order chi connectivity index (χ1) is 10.9. The van der Waals surface area contributed by atoms with Crippen LogP contribution in [-0.4, -0.2) is 41.0 Å². The van der Waals surface area contributed by atoms with Crippen LogP contribution in [0.15, 0.2) is 24.3 Å². The molecule has 2 rings (SSSR count). The Balaban J connectivity index is 2.14. The van der Waals surface area contributed by atoms with Gasteiger partial charge in [0.2, 0.25) is 11.8 Å². The molecular formula is C18H26N2O3. The van der Waals surface area contributed by atoms with Crippen molar-refractivity contribution in [1.29, 1.82) is 0 Å². The van der Waals surface area contributed by atoms with Crippen LogP contribution >= 0.6 is 0 Å². The topological polar surface area (TPSA) is 69.6 Å². The van der Waals surface area contributed by atoms with E-state index in [1.807, 2.05) is 32.0 Å². The van der Waals surface area contributed by atoms with Gasteiger partial charge in [-0.15, -0.1) is 0 Å². The Morgan fingerprint density at radius 1 is 1.35 bits per heavy atom. The van der Waals surface area contributed by atoms with Crippen LogP contribution in [0.3, 0.4) is 0 Å². The lowest BCUT2D eigenvalue weighted by molar-refractivity contribution is -0.133. The van der Waals surface area contributed by atoms with Crippen molar-refractivity contribution in [2.24, 2.45) is 5.92 Å². The zero-order chi connectivity index (χ0) is 17.0. The summed E-state index contributed by atoms with van der Waals surface area (Å²) in [5.74, 6) is -0.0960. The van der Waals surface area contributed by atoms with Crippen molar-refractivity contribution in [3.63, 3.8) is 0 Å². The van der Waals surface area contributed by atoms with Gasteiger partial charge >= 0.3 is 0 Å². The lowest BCUT2D eigenvalue weighted by atomic mass is 9.90. The predicted octanol–water partition coefficient (Wildman–Crippen LogP) is 1.66. The van der Waals surface area contributed by atoms with Crippen LogP contribution in [0.2, 0.25) is 0 Å². The first-order valence-electron chi connectivity index (χ1n) is 8.19. The molecule has 0 saturated heterocycles. The number of hydrogen-bond acceptors (Lipinski definition) is 3. The molecule has 3 unspecified atom stereocenters. The molecule has 0 bridgehead atoms. The standard InChI is InChI=1S/C18H26N2O3/c1-12(11-21)13(2)19-18(23)10-17-16-7-5-4-6-15(16)8-9-20(17)14(3)22/h4-7,12-13,17,21H,8-11H2,1-3H3,(H,19,23). The third-order valence-electron chi connectivity index (χ3n) is 4.73. The minimum Gasteiger partial charge on any atom is -0.396 e. The van der Waals surface area contributed by atoms with Crippen LogP contribution in [0.4, 0.5) is 0 Å². The second kappa shape index (κ2) is 7.59. The van der Waals surface area contributed by atoms with E-state index in [0.717, 1.165) is 12.0 Å². The monoisotopic (exact) mass is 318 g/mol. The number of nitrogens with zero attached hydrogens (tertiary/aromatic N) is 1. The molecule has 0 fully saturated rings. The third-order valence-corrected chi connectivity index (χ3v) is 4.73. The van der Waals surface area contributed by atoms with Crippen LogP contribution in [0.1, 0.15) is 44.4 Å². The van der Waals surface area contributed by atoms with E-state index in [1.165, 1.54) is 5.56 Å². The Morgan fingerprint density at radius 2 is 2.04 bits per heavy atom. The van der Waals surface area contributed by atoms with Crippen LogP contribution in [0.25, 0.3) is 0 Å². The van der Waals surface area contributed by atoms with E-state index in [0.29, 0.717) is 6.54 Å². The summed E-state index contributed by atoms with van der Waals surface area (Å²) in [6.07, 6.45) is 1.07. The molecule has 1 aliphatic rings. The van der Waals surface area contributed by atoms with E-state index in [9.17, 15) is 14.7 Å². The van der Waals surface area contributed by atoms with Gasteiger partial charge in [-0.3, -0.25) is 9.59 Å². The summed E-state index contributed by atoms with van der Waals surface area (Å²) >= 11 is 0. The summed E-state index contributed by atoms with van der Waals surface area (Å²) in [6, 6.07) is 7.69. The van der Waals surface area contributed by atoms with E-state index in [2.05, 4.69) is 11.4 Å². The highest BCUT2D eigenvalue weighted by Crippen LogP contribution is 2.32. The second-order valence-electron chi connectivity index (χ2n) is 6.40. The number of fused-ring (bicyclic) bond motifs is 1. The Kier molecular flexibility index (Phi) is 5.77. The van der Waals surface area contributed by atoms with Gasteiger partial charge in [-0.25, -0.2) is 0 Å². The molecule has 0 radical (unpaired) electrons. The van der Waals surface area contributed by atoms with Gasteiger partial charge in [-0.1, -0.05) is 31.2 Å². The summed E-state index contributed by atoms with van der Waals surface area (Å²) in [7, 11) is 0. The average molecular weight is 318 g/mol. The van der Waals surface area contributed by atoms with Crippen molar-refractivity contribution in [3.05, 3.63) is 35.4 Å². The van der Waals surface area contributed by atoms with Gasteiger partial charge in [-0.2, -0.15) is 0 Å². The molecule has 126 valence electrons. The van der Waals surface area contributed by atoms with E-state index >= 15 is 0 Å². The molecule has 1 aliphatic heterocycles. The van der Waals surface area contributed by atoms with Crippen LogP contribution in [0, 0.1) is 5.92 Å². The summed E-state index contributed by atoms with van der Waals surface area (Å²) in [5.41, 5.74) is 2.27. The molecular weight excluding hydrogens is 292 g/mol. The number of hydrogen-bond donors (Lipinski definition) is 2. The van der Waals surface area contributed by atoms with Gasteiger partial charge in [0.05, 0.1) is 12.5 Å². The Bertz CT molecular complexity index is 573. The highest BCUT2D eigenvalue weighted by Gasteiger charge is 2.31. The molecule has 2 N–H and O–H groups in total. The predicted molar refractivity (Wildman–Crippen MR) is 88.7 cm³/mol. The summed E-state index contributed by atoms with van der Waals surface area (Å²) in [4.78, 5) is 26.1. The lowest BCUT2D eigenvalue weighted by Crippen LogP contribution is -2.43. The number of amides is 2. The molecule has 1 aromatic rings. The van der Waals surface area contributed by atoms with E-state index < -0.39 is 0 Å². The van der Waals surface area contributed by atoms with Crippen molar-refractivity contribution in [3.8, 4) is 0 Å². The normalized spacial score (nSPS) is 19.7. The summed E-state index contributed by atoms with van der Waals surface area (Å²) < 4.78 is 0. The number of aliphatic hydroxyl groups is 1. The Morgan fingerprint density at radius 3 is 2.70 bits per heavy atom. The molecule has 0 saturated carbocycles. The quantitative estimate of drug-likeness (QED) is 0.867. The maximum absolute atomic E-state index is 12.4. The third kappa shape index (κ3) is 4.10. The zero-order valence-electron chi connectivity index (χ0n) is 14.1. The first-order valence-corrected chi connectivity index (χ1v) is 8.19. The Hall–Kier alpha value is -1.88. The fourth-order valence-electron chi connectivity index (χ4n) is 3.04. The fraction of sp³-hybridized carbons (Fsp3) is 0.556. The lowest BCUT2D eigenvalue weighted by Gasteiger charge is -2.36. The SMILES string of the molecule is CC(=O)N1CCc2ccccc2C1CC(=O)NC(C)C(C)CO. The van der Waals surface area contributed by atoms with Crippen LogP contribution in [0.5, 0.6) is 0 Å². The fourth-order valence-corrected chi connectivity index (χ4v) is 3.04. The smallest absolute Gasteiger partial charge is 0.222 e. The van der Waals surface area contributed by atoms with Gasteiger partial charge in [0.15, 0.2) is 0 Å². The van der Waals surface area contributed by atoms with Crippen LogP contribution < -0.4 is 5.32 Å². The van der Waals surface area contributed by atoms with E-state index in [1.54, 1.807) is 11.8 Å². The van der Waals surface area contributed by atoms with E-state index in [-0.39, 0.29) is 42.8 Å². The molecule has 0 spiro atoms. The molecule has 5 nitrogen and oxygen atoms in total. The van der Waals surface area contributed by atoms with Crippen molar-refractivity contribution < 1.29 is 14.7 Å². The first kappa shape index (κ1) is 17.5. The van der Waals surface area contributed by atoms with E-state index in [4.69, 9.17) is 0 Å². The molecule has 0 aliphatic carbocycles. The van der Waals surface area contributed by atoms with Crippen molar-refractivity contribution in [2.45, 2.75) is 45.7 Å². The molecule has 2 amide bonds. The molecule has 3 atom stereocenters. The minimum atomic E-state index is -0.214. The summed E-state index contributed by atoms with van der Waals surface area (Å²) in [5, 5.41) is 12.1. The largest absolute Gasteiger partial charge is 0.396 e. The maximum Gasteiger partial charge on any atom is 0.222 e. The van der Waals surface area contributed by atoms with Gasteiger partial charge in [0.1, 0.15) is 0 Å². The van der Waals surface area contributed by atoms with Gasteiger partial charge < -0.3 is 15.3 Å². The number of carbonyl (C=O) groups excluding carboxylic acids is 2. The number of nitrogens with one attached hydrogen (secondary N) is 1. The van der Waals surface area contributed by atoms with Crippen molar-refractivity contribution in [2.75, 3.05) is 13.2 Å². The van der Waals surface area contributed by atoms with Gasteiger partial charge in [0.25, 0.3) is 0 Å². The molecule has 5 heteroatoms. The Labute approximate surface area is 137 Å². The molecule has 0 aromatic heterocycles. The number of rotatable bonds is 5. The minimum absolute atomic E-state index is 0.00139. The number of benzene rings is 1. The highest BCUT2D eigenvalue weighted by molar-refractivity contribution is 5.79. The van der Waals surface area contributed by atoms with Crippen molar-refractivity contribution >= 4 is 11.8 Å². The molecule has 1 heterocycles. The highest BCUT2D eigenvalue weighted by atomic mass is 16.3.